The number of carboxylic acids is 1. The minimum absolute atomic E-state index is 0.0679. The van der Waals surface area contributed by atoms with E-state index in [0.717, 1.165) is 24.5 Å². The Morgan fingerprint density at radius 3 is 2.66 bits per heavy atom. The predicted molar refractivity (Wildman–Crippen MR) is 103 cm³/mol. The van der Waals surface area contributed by atoms with Crippen molar-refractivity contribution in [3.8, 4) is 0 Å². The molecule has 0 spiro atoms. The summed E-state index contributed by atoms with van der Waals surface area (Å²) in [4.78, 5) is 23.7. The van der Waals surface area contributed by atoms with Crippen molar-refractivity contribution >= 4 is 11.9 Å². The van der Waals surface area contributed by atoms with E-state index < -0.39 is 18.0 Å². The maximum Gasteiger partial charge on any atom is 0.490 e. The first-order chi connectivity index (χ1) is 15.1. The number of ether oxygens (including phenoxy) is 2. The summed E-state index contributed by atoms with van der Waals surface area (Å²) in [5.41, 5.74) is 1.85. The van der Waals surface area contributed by atoms with Crippen LogP contribution in [0, 0.1) is 24.1 Å². The first kappa shape index (κ1) is 23.8. The fraction of sp³-hybridized carbons (Fsp3) is 0.500. The molecule has 32 heavy (non-hydrogen) atoms. The van der Waals surface area contributed by atoms with Crippen molar-refractivity contribution in [1.29, 1.82) is 0 Å². The van der Waals surface area contributed by atoms with Gasteiger partial charge in [-0.15, -0.1) is 0 Å². The zero-order valence-corrected chi connectivity index (χ0v) is 17.2. The molecule has 8 nitrogen and oxygen atoms in total. The summed E-state index contributed by atoms with van der Waals surface area (Å²) >= 11 is 0. The van der Waals surface area contributed by atoms with Gasteiger partial charge in [0.1, 0.15) is 0 Å². The van der Waals surface area contributed by atoms with E-state index in [1.807, 2.05) is 25.1 Å². The van der Waals surface area contributed by atoms with Crippen molar-refractivity contribution < 1.29 is 36.9 Å². The lowest BCUT2D eigenvalue weighted by molar-refractivity contribution is -0.192. The van der Waals surface area contributed by atoms with Gasteiger partial charge in [-0.1, -0.05) is 6.07 Å². The quantitative estimate of drug-likeness (QED) is 0.683. The highest BCUT2D eigenvalue weighted by Crippen LogP contribution is 2.42. The molecule has 2 aliphatic heterocycles. The Hall–Kier alpha value is -2.86. The Labute approximate surface area is 181 Å². The zero-order valence-electron chi connectivity index (χ0n) is 17.2. The number of fused-ring (bicyclic) bond motifs is 1. The highest BCUT2D eigenvalue weighted by Gasteiger charge is 2.51. The third kappa shape index (κ3) is 5.88. The third-order valence-corrected chi connectivity index (χ3v) is 5.24. The Morgan fingerprint density at radius 1 is 1.34 bits per heavy atom. The fourth-order valence-corrected chi connectivity index (χ4v) is 3.70. The average Bonchev–Trinajstić information content (AvgIpc) is 3.26. The number of nitrogens with zero attached hydrogens (tertiary/aromatic N) is 4. The van der Waals surface area contributed by atoms with Gasteiger partial charge in [0.05, 0.1) is 44.5 Å². The Kier molecular flexibility index (Phi) is 7.24. The summed E-state index contributed by atoms with van der Waals surface area (Å²) in [5, 5.41) is 7.12. The molecule has 2 aliphatic rings. The van der Waals surface area contributed by atoms with Crippen LogP contribution in [0.5, 0.6) is 0 Å². The number of hydrogen-bond acceptors (Lipinski definition) is 7. The van der Waals surface area contributed by atoms with E-state index in [4.69, 9.17) is 19.4 Å². The van der Waals surface area contributed by atoms with Gasteiger partial charge in [-0.2, -0.15) is 13.2 Å². The number of carboxylic acid groups (broad SMARTS) is 1. The second kappa shape index (κ2) is 9.74. The second-order valence-corrected chi connectivity index (χ2v) is 7.72. The molecule has 4 rings (SSSR count). The topological polar surface area (TPSA) is 97.7 Å². The maximum atomic E-state index is 13.0. The molecular weight excluding hydrogens is 436 g/mol. The van der Waals surface area contributed by atoms with Crippen LogP contribution in [-0.2, 0) is 20.9 Å². The lowest BCUT2D eigenvalue weighted by Crippen LogP contribution is -2.36. The van der Waals surface area contributed by atoms with E-state index in [9.17, 15) is 17.6 Å². The van der Waals surface area contributed by atoms with Crippen molar-refractivity contribution in [2.75, 3.05) is 37.8 Å². The summed E-state index contributed by atoms with van der Waals surface area (Å²) in [5.74, 6) is -2.25. The molecule has 0 aliphatic carbocycles. The summed E-state index contributed by atoms with van der Waals surface area (Å²) in [6.07, 6.45) is -2.67. The van der Waals surface area contributed by atoms with Crippen LogP contribution in [0.25, 0.3) is 0 Å². The molecule has 0 radical (unpaired) electrons. The molecule has 2 aromatic rings. The molecule has 0 aromatic carbocycles. The zero-order chi connectivity index (χ0) is 23.4. The van der Waals surface area contributed by atoms with E-state index in [0.29, 0.717) is 38.3 Å². The van der Waals surface area contributed by atoms with Gasteiger partial charge in [0.15, 0.2) is 5.82 Å². The Bertz CT molecular complexity index is 929. The number of carbonyl (C=O) groups is 1. The van der Waals surface area contributed by atoms with E-state index >= 15 is 0 Å². The summed E-state index contributed by atoms with van der Waals surface area (Å²) in [7, 11) is 0. The molecule has 4 heterocycles. The SMILES string of the molecule is Cc1cccc(COC[C@]23COC[C@H]2CN(c2ncc(F)cn2)C3)n1.O=C(O)C(F)(F)F. The number of pyridine rings is 1. The average molecular weight is 458 g/mol. The van der Waals surface area contributed by atoms with E-state index in [-0.39, 0.29) is 5.41 Å². The highest BCUT2D eigenvalue weighted by molar-refractivity contribution is 5.73. The lowest BCUT2D eigenvalue weighted by Gasteiger charge is -2.26. The predicted octanol–water partition coefficient (Wildman–Crippen LogP) is 2.62. The number of hydrogen-bond donors (Lipinski definition) is 1. The smallest absolute Gasteiger partial charge is 0.475 e. The molecule has 0 saturated carbocycles. The number of anilines is 1. The van der Waals surface area contributed by atoms with Crippen molar-refractivity contribution in [3.63, 3.8) is 0 Å². The van der Waals surface area contributed by atoms with Crippen LogP contribution in [0.2, 0.25) is 0 Å². The molecule has 1 N–H and O–H groups in total. The molecule has 0 amide bonds. The summed E-state index contributed by atoms with van der Waals surface area (Å²) in [6.45, 7) is 6.00. The molecule has 12 heteroatoms. The number of alkyl halides is 3. The van der Waals surface area contributed by atoms with Crippen molar-refractivity contribution in [3.05, 3.63) is 47.8 Å². The molecule has 0 unspecified atom stereocenters. The molecule has 174 valence electrons. The number of aromatic nitrogens is 3. The lowest BCUT2D eigenvalue weighted by atomic mass is 9.82. The molecular formula is C20H22F4N4O4. The van der Waals surface area contributed by atoms with Gasteiger partial charge in [0, 0.05) is 30.1 Å². The van der Waals surface area contributed by atoms with Crippen LogP contribution in [0.15, 0.2) is 30.6 Å². The first-order valence-electron chi connectivity index (χ1n) is 9.70. The van der Waals surface area contributed by atoms with Gasteiger partial charge in [-0.3, -0.25) is 4.98 Å². The monoisotopic (exact) mass is 458 g/mol. The molecule has 2 aromatic heterocycles. The van der Waals surface area contributed by atoms with E-state index in [1.54, 1.807) is 0 Å². The van der Waals surface area contributed by atoms with Gasteiger partial charge in [-0.05, 0) is 19.1 Å². The van der Waals surface area contributed by atoms with Gasteiger partial charge >= 0.3 is 12.1 Å². The normalized spacial score (nSPS) is 22.3. The minimum atomic E-state index is -5.08. The molecule has 2 saturated heterocycles. The van der Waals surface area contributed by atoms with Crippen LogP contribution < -0.4 is 4.90 Å². The van der Waals surface area contributed by atoms with E-state index in [2.05, 4.69) is 19.9 Å². The summed E-state index contributed by atoms with van der Waals surface area (Å²) in [6, 6.07) is 5.94. The van der Waals surface area contributed by atoms with E-state index in [1.165, 1.54) is 12.4 Å². The molecule has 2 atom stereocenters. The largest absolute Gasteiger partial charge is 0.490 e. The number of aryl methyl sites for hydroxylation is 1. The van der Waals surface area contributed by atoms with Crippen LogP contribution in [0.1, 0.15) is 11.4 Å². The minimum Gasteiger partial charge on any atom is -0.475 e. The first-order valence-corrected chi connectivity index (χ1v) is 9.70. The van der Waals surface area contributed by atoms with Crippen LogP contribution in [0.4, 0.5) is 23.5 Å². The van der Waals surface area contributed by atoms with Crippen molar-refractivity contribution in [1.82, 2.24) is 15.0 Å². The van der Waals surface area contributed by atoms with Gasteiger partial charge in [0.25, 0.3) is 0 Å². The fourth-order valence-electron chi connectivity index (χ4n) is 3.70. The molecule has 2 fully saturated rings. The third-order valence-electron chi connectivity index (χ3n) is 5.24. The van der Waals surface area contributed by atoms with Gasteiger partial charge in [-0.25, -0.2) is 19.2 Å². The maximum absolute atomic E-state index is 13.0. The molecule has 0 bridgehead atoms. The number of rotatable bonds is 5. The second-order valence-electron chi connectivity index (χ2n) is 7.72. The van der Waals surface area contributed by atoms with Crippen molar-refractivity contribution in [2.45, 2.75) is 19.7 Å². The van der Waals surface area contributed by atoms with Gasteiger partial charge < -0.3 is 19.5 Å². The summed E-state index contributed by atoms with van der Waals surface area (Å²) < 4.78 is 56.5. The Morgan fingerprint density at radius 2 is 2.03 bits per heavy atom. The van der Waals surface area contributed by atoms with Gasteiger partial charge in [0.2, 0.25) is 5.95 Å². The van der Waals surface area contributed by atoms with Crippen LogP contribution >= 0.6 is 0 Å². The standard InChI is InChI=1S/C18H21FN4O2.C2HF3O2/c1-13-3-2-4-16(22-13)9-25-12-18-10-23(7-14(18)8-24-11-18)17-20-5-15(19)6-21-17;3-2(4,5)1(6)7/h2-6,14H,7-12H2,1H3;(H,6,7)/t14-,18+;/m1./s1. The number of aliphatic carboxylic acids is 1. The highest BCUT2D eigenvalue weighted by atomic mass is 19.4. The van der Waals surface area contributed by atoms with Crippen molar-refractivity contribution in [2.24, 2.45) is 11.3 Å². The van der Waals surface area contributed by atoms with Crippen LogP contribution in [-0.4, -0.2) is 65.1 Å². The number of halogens is 4. The Balaban J connectivity index is 0.000000360. The van der Waals surface area contributed by atoms with Crippen LogP contribution in [0.3, 0.4) is 0 Å².